The average molecular weight is 290 g/mol. The van der Waals surface area contributed by atoms with Crippen LogP contribution in [0.1, 0.15) is 27.0 Å². The maximum atomic E-state index is 12.7. The zero-order chi connectivity index (χ0) is 15.3. The second-order valence-electron chi connectivity index (χ2n) is 5.56. The summed E-state index contributed by atoms with van der Waals surface area (Å²) in [6, 6.07) is 15.4. The molecule has 3 nitrogen and oxygen atoms in total. The van der Waals surface area contributed by atoms with Gasteiger partial charge >= 0.3 is 0 Å². The van der Waals surface area contributed by atoms with Crippen LogP contribution in [0.2, 0.25) is 0 Å². The maximum absolute atomic E-state index is 12.7. The van der Waals surface area contributed by atoms with E-state index in [0.717, 1.165) is 21.9 Å². The third-order valence-electron chi connectivity index (χ3n) is 4.35. The van der Waals surface area contributed by atoms with Crippen molar-refractivity contribution >= 4 is 16.6 Å². The van der Waals surface area contributed by atoms with Gasteiger partial charge in [-0.05, 0) is 57.3 Å². The summed E-state index contributed by atoms with van der Waals surface area (Å²) in [6.07, 6.45) is 0. The van der Waals surface area contributed by atoms with Crippen LogP contribution in [-0.4, -0.2) is 16.0 Å². The van der Waals surface area contributed by atoms with Crippen molar-refractivity contribution in [3.63, 3.8) is 0 Å². The highest BCUT2D eigenvalue weighted by molar-refractivity contribution is 6.23. The maximum Gasteiger partial charge on any atom is 0.194 e. The van der Waals surface area contributed by atoms with E-state index >= 15 is 0 Å². The Labute approximate surface area is 127 Å². The van der Waals surface area contributed by atoms with Crippen molar-refractivity contribution in [2.45, 2.75) is 13.2 Å². The lowest BCUT2D eigenvalue weighted by Gasteiger charge is -2.08. The first-order chi connectivity index (χ1) is 10.7. The molecule has 0 spiro atoms. The molecule has 108 valence electrons. The molecular weight excluding hydrogens is 276 g/mol. The van der Waals surface area contributed by atoms with Gasteiger partial charge in [0.25, 0.3) is 0 Å². The average Bonchev–Trinajstić information content (AvgIpc) is 2.83. The highest BCUT2D eigenvalue weighted by Gasteiger charge is 2.28. The Morgan fingerprint density at radius 1 is 0.682 bits per heavy atom. The summed E-state index contributed by atoms with van der Waals surface area (Å²) in [5.41, 5.74) is 4.30. The van der Waals surface area contributed by atoms with Crippen molar-refractivity contribution in [2.75, 3.05) is 0 Å². The van der Waals surface area contributed by atoms with Crippen LogP contribution in [0.3, 0.4) is 0 Å². The summed E-state index contributed by atoms with van der Waals surface area (Å²) in [5.74, 6) is -0.0186. The van der Waals surface area contributed by atoms with Crippen LogP contribution in [0, 0.1) is 0 Å². The Morgan fingerprint density at radius 3 is 1.73 bits per heavy atom. The minimum Gasteiger partial charge on any atom is -0.392 e. The molecule has 0 radical (unpaired) electrons. The number of aliphatic hydroxyl groups excluding tert-OH is 2. The van der Waals surface area contributed by atoms with Gasteiger partial charge < -0.3 is 10.2 Å². The highest BCUT2D eigenvalue weighted by Crippen LogP contribution is 2.40. The van der Waals surface area contributed by atoms with Gasteiger partial charge in [0.1, 0.15) is 0 Å². The largest absolute Gasteiger partial charge is 0.392 e. The second kappa shape index (κ2) is 4.77. The molecule has 0 saturated heterocycles. The molecular formula is C19H14O3. The molecule has 22 heavy (non-hydrogen) atoms. The smallest absolute Gasteiger partial charge is 0.194 e. The summed E-state index contributed by atoms with van der Waals surface area (Å²) in [7, 11) is 0. The highest BCUT2D eigenvalue weighted by atomic mass is 16.3. The number of aliphatic hydroxyl groups is 2. The third kappa shape index (κ3) is 1.73. The molecule has 1 aliphatic carbocycles. The van der Waals surface area contributed by atoms with Crippen molar-refractivity contribution in [3.8, 4) is 11.1 Å². The minimum atomic E-state index is -0.186. The Bertz CT molecular complexity index is 925. The Kier molecular flexibility index (Phi) is 2.86. The van der Waals surface area contributed by atoms with Crippen molar-refractivity contribution in [2.24, 2.45) is 0 Å². The molecule has 0 bridgehead atoms. The predicted molar refractivity (Wildman–Crippen MR) is 84.7 cm³/mol. The topological polar surface area (TPSA) is 57.5 Å². The number of carbonyl (C=O) groups is 1. The lowest BCUT2D eigenvalue weighted by molar-refractivity contribution is 0.104. The Hall–Kier alpha value is -2.49. The minimum absolute atomic E-state index is 0.0186. The number of carbonyl (C=O) groups excluding carboxylic acids is 1. The van der Waals surface area contributed by atoms with Gasteiger partial charge in [0.15, 0.2) is 5.78 Å². The normalized spacial score (nSPS) is 12.5. The molecule has 0 aliphatic heterocycles. The molecule has 3 heteroatoms. The zero-order valence-electron chi connectivity index (χ0n) is 11.8. The van der Waals surface area contributed by atoms with E-state index in [4.69, 9.17) is 0 Å². The molecule has 1 aliphatic rings. The van der Waals surface area contributed by atoms with Gasteiger partial charge in [-0.15, -0.1) is 0 Å². The molecule has 2 N–H and O–H groups in total. The van der Waals surface area contributed by atoms with Crippen molar-refractivity contribution in [3.05, 3.63) is 70.8 Å². The van der Waals surface area contributed by atoms with E-state index in [1.54, 1.807) is 6.07 Å². The molecule has 0 unspecified atom stereocenters. The van der Waals surface area contributed by atoms with Crippen LogP contribution in [0.5, 0.6) is 0 Å². The molecule has 0 aromatic heterocycles. The van der Waals surface area contributed by atoms with Crippen LogP contribution < -0.4 is 0 Å². The van der Waals surface area contributed by atoms with E-state index in [-0.39, 0.29) is 19.0 Å². The number of hydrogen-bond acceptors (Lipinski definition) is 3. The quantitative estimate of drug-likeness (QED) is 0.596. The first-order valence-electron chi connectivity index (χ1n) is 7.18. The molecule has 3 aromatic rings. The van der Waals surface area contributed by atoms with E-state index in [1.165, 1.54) is 0 Å². The molecule has 0 atom stereocenters. The third-order valence-corrected chi connectivity index (χ3v) is 4.35. The molecule has 0 fully saturated rings. The Morgan fingerprint density at radius 2 is 1.14 bits per heavy atom. The molecule has 4 rings (SSSR count). The fraction of sp³-hybridized carbons (Fsp3) is 0.105. The fourth-order valence-corrected chi connectivity index (χ4v) is 3.19. The monoisotopic (exact) mass is 290 g/mol. The first-order valence-corrected chi connectivity index (χ1v) is 7.18. The van der Waals surface area contributed by atoms with Crippen molar-refractivity contribution < 1.29 is 15.0 Å². The van der Waals surface area contributed by atoms with Crippen LogP contribution >= 0.6 is 0 Å². The summed E-state index contributed by atoms with van der Waals surface area (Å²) in [5, 5.41) is 21.0. The van der Waals surface area contributed by atoms with Gasteiger partial charge in [-0.25, -0.2) is 0 Å². The van der Waals surface area contributed by atoms with Crippen molar-refractivity contribution in [1.82, 2.24) is 0 Å². The standard InChI is InChI=1S/C19H14O3/c20-9-13-7-16-15-5-11-3-1-2-4-12(11)6-17(15)19(22)18(16)8-14(13)10-21/h1-8,20-21H,9-10H2. The number of rotatable bonds is 2. The summed E-state index contributed by atoms with van der Waals surface area (Å²) >= 11 is 0. The summed E-state index contributed by atoms with van der Waals surface area (Å²) < 4.78 is 0. The van der Waals surface area contributed by atoms with Crippen molar-refractivity contribution in [1.29, 1.82) is 0 Å². The van der Waals surface area contributed by atoms with Gasteiger partial charge in [-0.2, -0.15) is 0 Å². The van der Waals surface area contributed by atoms with Crippen LogP contribution in [-0.2, 0) is 13.2 Å². The van der Waals surface area contributed by atoms with Gasteiger partial charge in [-0.1, -0.05) is 24.3 Å². The Balaban J connectivity index is 2.03. The summed E-state index contributed by atoms with van der Waals surface area (Å²) in [4.78, 5) is 12.7. The zero-order valence-corrected chi connectivity index (χ0v) is 11.8. The van der Waals surface area contributed by atoms with Gasteiger partial charge in [0.2, 0.25) is 0 Å². The van der Waals surface area contributed by atoms with Crippen LogP contribution in [0.4, 0.5) is 0 Å². The number of hydrogen-bond donors (Lipinski definition) is 2. The molecule has 0 saturated carbocycles. The number of benzene rings is 3. The SMILES string of the molecule is O=C1c2cc(CO)c(CO)cc2-c2cc3ccccc3cc21. The molecule has 3 aromatic carbocycles. The van der Waals surface area contributed by atoms with Gasteiger partial charge in [0, 0.05) is 11.1 Å². The van der Waals surface area contributed by atoms with E-state index in [9.17, 15) is 15.0 Å². The van der Waals surface area contributed by atoms with E-state index < -0.39 is 0 Å². The fourth-order valence-electron chi connectivity index (χ4n) is 3.19. The first kappa shape index (κ1) is 13.2. The van der Waals surface area contributed by atoms with Gasteiger partial charge in [-0.3, -0.25) is 4.79 Å². The number of ketones is 1. The number of fused-ring (bicyclic) bond motifs is 4. The predicted octanol–water partition coefficient (Wildman–Crippen LogP) is 3.04. The van der Waals surface area contributed by atoms with Gasteiger partial charge in [0.05, 0.1) is 13.2 Å². The summed E-state index contributed by atoms with van der Waals surface area (Å²) in [6.45, 7) is -0.338. The molecule has 0 amide bonds. The van der Waals surface area contributed by atoms with Crippen LogP contribution in [0.25, 0.3) is 21.9 Å². The second-order valence-corrected chi connectivity index (χ2v) is 5.56. The lowest BCUT2D eigenvalue weighted by Crippen LogP contribution is -2.00. The van der Waals surface area contributed by atoms with E-state index in [2.05, 4.69) is 0 Å². The molecule has 0 heterocycles. The lowest BCUT2D eigenvalue weighted by atomic mass is 9.97. The van der Waals surface area contributed by atoms with E-state index in [0.29, 0.717) is 22.3 Å². The van der Waals surface area contributed by atoms with Crippen LogP contribution in [0.15, 0.2) is 48.5 Å². The van der Waals surface area contributed by atoms with E-state index in [1.807, 2.05) is 42.5 Å².